The molecule has 3 heterocycles. The van der Waals surface area contributed by atoms with Crippen molar-refractivity contribution in [3.05, 3.63) is 54.2 Å². The minimum absolute atomic E-state index is 0.00257. The number of aromatic nitrogens is 5. The maximum Gasteiger partial charge on any atom is 0.184 e. The summed E-state index contributed by atoms with van der Waals surface area (Å²) in [5, 5.41) is 16.1. The summed E-state index contributed by atoms with van der Waals surface area (Å²) >= 11 is 0. The summed E-state index contributed by atoms with van der Waals surface area (Å²) in [5.41, 5.74) is 2.16. The van der Waals surface area contributed by atoms with Crippen molar-refractivity contribution in [2.75, 3.05) is 6.61 Å². The highest BCUT2D eigenvalue weighted by Gasteiger charge is 2.25. The fourth-order valence-corrected chi connectivity index (χ4v) is 2.78. The van der Waals surface area contributed by atoms with Gasteiger partial charge in [0.25, 0.3) is 0 Å². The molecule has 1 aliphatic heterocycles. The Morgan fingerprint density at radius 2 is 2.29 bits per heavy atom. The van der Waals surface area contributed by atoms with Gasteiger partial charge in [-0.1, -0.05) is 30.0 Å². The first-order chi connectivity index (χ1) is 11.7. The Bertz CT molecular complexity index is 910. The van der Waals surface area contributed by atoms with Gasteiger partial charge in [0.2, 0.25) is 0 Å². The second-order valence-electron chi connectivity index (χ2n) is 5.95. The molecule has 1 aliphatic rings. The van der Waals surface area contributed by atoms with Crippen LogP contribution in [0.1, 0.15) is 22.6 Å². The van der Waals surface area contributed by atoms with Crippen LogP contribution in [0.5, 0.6) is 0 Å². The number of ketones is 1. The van der Waals surface area contributed by atoms with Gasteiger partial charge < -0.3 is 4.74 Å². The molecule has 0 amide bonds. The van der Waals surface area contributed by atoms with Gasteiger partial charge in [-0.05, 0) is 6.07 Å². The lowest BCUT2D eigenvalue weighted by molar-refractivity contribution is 0.0387. The van der Waals surface area contributed by atoms with Gasteiger partial charge >= 0.3 is 0 Å². The number of nitrogens with zero attached hydrogens (tertiary/aromatic N) is 4. The van der Waals surface area contributed by atoms with E-state index in [0.717, 1.165) is 22.4 Å². The van der Waals surface area contributed by atoms with E-state index < -0.39 is 0 Å². The topological polar surface area (TPSA) is 85.7 Å². The average Bonchev–Trinajstić information content (AvgIpc) is 3.23. The molecule has 1 aromatic carbocycles. The number of fused-ring (bicyclic) bond motifs is 1. The molecule has 0 spiro atoms. The lowest BCUT2D eigenvalue weighted by Gasteiger charge is -2.29. The number of nitrogens with one attached hydrogen (secondary N) is 1. The van der Waals surface area contributed by atoms with E-state index in [2.05, 4.69) is 27.1 Å². The SMILES string of the molecule is C=C1OCC1Cn1cc(CCC(=O)c2n[nH]c3ccccc23)nn1. The van der Waals surface area contributed by atoms with Crippen LogP contribution in [0, 0.1) is 5.92 Å². The van der Waals surface area contributed by atoms with Crippen LogP contribution in [0.25, 0.3) is 10.9 Å². The Hall–Kier alpha value is -2.96. The number of Topliss-reactive ketones (excluding diaryl/α,β-unsaturated/α-hetero) is 1. The fraction of sp³-hybridized carbons (Fsp3) is 0.294. The molecule has 122 valence electrons. The van der Waals surface area contributed by atoms with Gasteiger partial charge in [0, 0.05) is 24.4 Å². The fourth-order valence-electron chi connectivity index (χ4n) is 2.78. The van der Waals surface area contributed by atoms with Gasteiger partial charge in [-0.3, -0.25) is 14.6 Å². The van der Waals surface area contributed by atoms with E-state index in [9.17, 15) is 4.79 Å². The number of carbonyl (C=O) groups excluding carboxylic acids is 1. The monoisotopic (exact) mass is 323 g/mol. The summed E-state index contributed by atoms with van der Waals surface area (Å²) in [5.74, 6) is 1.10. The van der Waals surface area contributed by atoms with Crippen molar-refractivity contribution in [3.8, 4) is 0 Å². The Kier molecular flexibility index (Phi) is 3.60. The highest BCUT2D eigenvalue weighted by molar-refractivity contribution is 6.05. The third-order valence-electron chi connectivity index (χ3n) is 4.26. The Balaban J connectivity index is 1.39. The van der Waals surface area contributed by atoms with E-state index in [4.69, 9.17) is 4.74 Å². The number of hydrogen-bond donors (Lipinski definition) is 1. The third-order valence-corrected chi connectivity index (χ3v) is 4.26. The maximum absolute atomic E-state index is 12.4. The zero-order chi connectivity index (χ0) is 16.5. The van der Waals surface area contributed by atoms with Crippen LogP contribution < -0.4 is 0 Å². The van der Waals surface area contributed by atoms with Crippen molar-refractivity contribution >= 4 is 16.7 Å². The standard InChI is InChI=1S/C17H17N5O2/c1-11-12(10-24-11)8-22-9-13(18-21-22)6-7-16(23)17-14-4-2-3-5-15(14)19-20-17/h2-5,9,12H,1,6-8,10H2,(H,19,20). The Morgan fingerprint density at radius 3 is 3.08 bits per heavy atom. The molecule has 0 bridgehead atoms. The number of carbonyl (C=O) groups is 1. The van der Waals surface area contributed by atoms with Gasteiger partial charge in [0.1, 0.15) is 5.69 Å². The van der Waals surface area contributed by atoms with E-state index in [1.807, 2.05) is 30.5 Å². The molecular weight excluding hydrogens is 306 g/mol. The molecule has 24 heavy (non-hydrogen) atoms. The van der Waals surface area contributed by atoms with E-state index in [1.165, 1.54) is 0 Å². The lowest BCUT2D eigenvalue weighted by Crippen LogP contribution is -2.28. The van der Waals surface area contributed by atoms with E-state index in [-0.39, 0.29) is 5.78 Å². The van der Waals surface area contributed by atoms with Crippen LogP contribution in [0.15, 0.2) is 42.8 Å². The second-order valence-corrected chi connectivity index (χ2v) is 5.95. The van der Waals surface area contributed by atoms with E-state index in [0.29, 0.717) is 37.6 Å². The van der Waals surface area contributed by atoms with Crippen LogP contribution in [-0.4, -0.2) is 37.6 Å². The second kappa shape index (κ2) is 5.92. The smallest absolute Gasteiger partial charge is 0.184 e. The number of para-hydroxylation sites is 1. The molecule has 1 atom stereocenters. The lowest BCUT2D eigenvalue weighted by atomic mass is 10.1. The van der Waals surface area contributed by atoms with Crippen LogP contribution in [0.3, 0.4) is 0 Å². The number of rotatable bonds is 6. The molecule has 0 radical (unpaired) electrons. The van der Waals surface area contributed by atoms with Gasteiger partial charge in [0.05, 0.1) is 36.0 Å². The highest BCUT2D eigenvalue weighted by Crippen LogP contribution is 2.24. The maximum atomic E-state index is 12.4. The number of benzene rings is 1. The number of hydrogen-bond acceptors (Lipinski definition) is 5. The quantitative estimate of drug-likeness (QED) is 0.702. The van der Waals surface area contributed by atoms with Gasteiger partial charge in [-0.15, -0.1) is 5.10 Å². The molecule has 1 saturated heterocycles. The average molecular weight is 323 g/mol. The van der Waals surface area contributed by atoms with Crippen LogP contribution in [0.4, 0.5) is 0 Å². The first kappa shape index (κ1) is 14.6. The first-order valence-electron chi connectivity index (χ1n) is 7.87. The molecule has 1 fully saturated rings. The normalized spacial score (nSPS) is 16.8. The highest BCUT2D eigenvalue weighted by atomic mass is 16.5. The van der Waals surface area contributed by atoms with Crippen LogP contribution in [0.2, 0.25) is 0 Å². The zero-order valence-corrected chi connectivity index (χ0v) is 13.1. The molecule has 7 heteroatoms. The molecule has 0 saturated carbocycles. The molecule has 4 rings (SSSR count). The van der Waals surface area contributed by atoms with Gasteiger partial charge in [-0.25, -0.2) is 0 Å². The molecule has 3 aromatic rings. The third kappa shape index (κ3) is 2.68. The molecule has 0 aliphatic carbocycles. The van der Waals surface area contributed by atoms with Gasteiger partial charge in [-0.2, -0.15) is 5.10 Å². The van der Waals surface area contributed by atoms with Crippen molar-refractivity contribution in [3.63, 3.8) is 0 Å². The predicted molar refractivity (Wildman–Crippen MR) is 87.3 cm³/mol. The molecule has 1 unspecified atom stereocenters. The summed E-state index contributed by atoms with van der Waals surface area (Å²) in [6.07, 6.45) is 2.77. The van der Waals surface area contributed by atoms with E-state index >= 15 is 0 Å². The predicted octanol–water partition coefficient (Wildman–Crippen LogP) is 2.13. The molecular formula is C17H17N5O2. The summed E-state index contributed by atoms with van der Waals surface area (Å²) in [6, 6.07) is 7.62. The Labute approximate surface area is 138 Å². The summed E-state index contributed by atoms with van der Waals surface area (Å²) in [4.78, 5) is 12.4. The number of aryl methyl sites for hydroxylation is 1. The molecule has 7 nitrogen and oxygen atoms in total. The zero-order valence-electron chi connectivity index (χ0n) is 13.1. The van der Waals surface area contributed by atoms with Crippen molar-refractivity contribution in [2.24, 2.45) is 5.92 Å². The number of aromatic amines is 1. The molecule has 2 aromatic heterocycles. The summed E-state index contributed by atoms with van der Waals surface area (Å²) < 4.78 is 6.95. The van der Waals surface area contributed by atoms with Crippen molar-refractivity contribution in [1.82, 2.24) is 25.2 Å². The van der Waals surface area contributed by atoms with Crippen molar-refractivity contribution in [1.29, 1.82) is 0 Å². The minimum atomic E-state index is 0.00257. The van der Waals surface area contributed by atoms with Crippen molar-refractivity contribution < 1.29 is 9.53 Å². The summed E-state index contributed by atoms with van der Waals surface area (Å²) in [7, 11) is 0. The van der Waals surface area contributed by atoms with Crippen LogP contribution >= 0.6 is 0 Å². The summed E-state index contributed by atoms with van der Waals surface area (Å²) in [6.45, 7) is 5.21. The largest absolute Gasteiger partial charge is 0.497 e. The Morgan fingerprint density at radius 1 is 1.42 bits per heavy atom. The minimum Gasteiger partial charge on any atom is -0.497 e. The number of H-pyrrole nitrogens is 1. The van der Waals surface area contributed by atoms with E-state index in [1.54, 1.807) is 4.68 Å². The number of ether oxygens (including phenoxy) is 1. The first-order valence-corrected chi connectivity index (χ1v) is 7.87. The van der Waals surface area contributed by atoms with Gasteiger partial charge in [0.15, 0.2) is 5.78 Å². The molecule has 1 N–H and O–H groups in total. The van der Waals surface area contributed by atoms with Crippen LogP contribution in [-0.2, 0) is 17.7 Å². The van der Waals surface area contributed by atoms with Crippen molar-refractivity contribution in [2.45, 2.75) is 19.4 Å².